The molecule has 0 aliphatic heterocycles. The van der Waals surface area contributed by atoms with Gasteiger partial charge in [0.1, 0.15) is 0 Å². The molecule has 14 heavy (non-hydrogen) atoms. The second-order valence-corrected chi connectivity index (χ2v) is 4.80. The summed E-state index contributed by atoms with van der Waals surface area (Å²) in [6, 6.07) is 6.63. The Balaban J connectivity index is 2.03. The molecule has 1 aliphatic carbocycles. The molecule has 1 aromatic rings. The predicted octanol–water partition coefficient (Wildman–Crippen LogP) is 3.24. The normalized spacial score (nSPS) is 24.7. The van der Waals surface area contributed by atoms with Gasteiger partial charge in [-0.15, -0.1) is 0 Å². The smallest absolute Gasteiger partial charge is 0.0576 e. The van der Waals surface area contributed by atoms with Gasteiger partial charge in [-0.25, -0.2) is 0 Å². The maximum Gasteiger partial charge on any atom is 0.0576 e. The molecule has 1 saturated carbocycles. The molecule has 2 nitrogen and oxygen atoms in total. The van der Waals surface area contributed by atoms with E-state index in [0.29, 0.717) is 6.04 Å². The van der Waals surface area contributed by atoms with E-state index < -0.39 is 0 Å². The zero-order valence-corrected chi connectivity index (χ0v) is 9.84. The van der Waals surface area contributed by atoms with Crippen LogP contribution < -0.4 is 11.1 Å². The first kappa shape index (κ1) is 9.84. The maximum atomic E-state index is 5.89. The van der Waals surface area contributed by atoms with E-state index in [4.69, 9.17) is 5.73 Å². The molecule has 2 unspecified atom stereocenters. The molecule has 0 saturated heterocycles. The summed E-state index contributed by atoms with van der Waals surface area (Å²) in [5.41, 5.74) is 7.78. The molecule has 0 radical (unpaired) electrons. The van der Waals surface area contributed by atoms with Crippen LogP contribution in [0.3, 0.4) is 0 Å². The van der Waals surface area contributed by atoms with E-state index in [1.54, 1.807) is 0 Å². The predicted molar refractivity (Wildman–Crippen MR) is 64.4 cm³/mol. The summed E-state index contributed by atoms with van der Waals surface area (Å²) in [7, 11) is 0. The van der Waals surface area contributed by atoms with Crippen molar-refractivity contribution in [3.63, 3.8) is 0 Å². The molecule has 76 valence electrons. The second kappa shape index (κ2) is 3.81. The van der Waals surface area contributed by atoms with E-state index in [-0.39, 0.29) is 0 Å². The van der Waals surface area contributed by atoms with Crippen LogP contribution >= 0.6 is 15.9 Å². The molecule has 3 heteroatoms. The lowest BCUT2D eigenvalue weighted by molar-refractivity contribution is 0.775. The van der Waals surface area contributed by atoms with Crippen LogP contribution in [-0.2, 0) is 0 Å². The van der Waals surface area contributed by atoms with Crippen molar-refractivity contribution < 1.29 is 0 Å². The van der Waals surface area contributed by atoms with E-state index in [1.165, 1.54) is 12.8 Å². The van der Waals surface area contributed by atoms with Crippen LogP contribution in [0, 0.1) is 5.92 Å². The number of anilines is 2. The van der Waals surface area contributed by atoms with E-state index >= 15 is 0 Å². The fourth-order valence-electron chi connectivity index (χ4n) is 1.74. The summed E-state index contributed by atoms with van der Waals surface area (Å²) in [5, 5.41) is 3.47. The number of nitrogens with two attached hydrogens (primary N) is 1. The van der Waals surface area contributed by atoms with Crippen molar-refractivity contribution in [2.45, 2.75) is 25.8 Å². The number of nitrogens with one attached hydrogen (secondary N) is 1. The number of rotatable bonds is 3. The van der Waals surface area contributed by atoms with Crippen LogP contribution in [-0.4, -0.2) is 6.04 Å². The minimum absolute atomic E-state index is 0.642. The number of halogens is 1. The van der Waals surface area contributed by atoms with Crippen molar-refractivity contribution in [1.29, 1.82) is 0 Å². The van der Waals surface area contributed by atoms with Crippen molar-refractivity contribution >= 4 is 27.3 Å². The lowest BCUT2D eigenvalue weighted by Gasteiger charge is -2.08. The minimum Gasteiger partial charge on any atom is -0.397 e. The Morgan fingerprint density at radius 1 is 1.57 bits per heavy atom. The third-order valence-electron chi connectivity index (χ3n) is 2.80. The average Bonchev–Trinajstić information content (AvgIpc) is 2.89. The van der Waals surface area contributed by atoms with Gasteiger partial charge < -0.3 is 11.1 Å². The topological polar surface area (TPSA) is 38.0 Å². The van der Waals surface area contributed by atoms with Gasteiger partial charge in [0, 0.05) is 10.5 Å². The van der Waals surface area contributed by atoms with E-state index in [1.807, 2.05) is 18.2 Å². The van der Waals surface area contributed by atoms with Crippen LogP contribution in [0.5, 0.6) is 0 Å². The van der Waals surface area contributed by atoms with Gasteiger partial charge >= 0.3 is 0 Å². The first-order chi connectivity index (χ1) is 6.70. The molecule has 0 bridgehead atoms. The van der Waals surface area contributed by atoms with Crippen LogP contribution in [0.1, 0.15) is 19.8 Å². The Labute approximate surface area is 93.0 Å². The van der Waals surface area contributed by atoms with Gasteiger partial charge in [-0.3, -0.25) is 0 Å². The molecule has 2 atom stereocenters. The molecule has 0 spiro atoms. The zero-order chi connectivity index (χ0) is 10.1. The quantitative estimate of drug-likeness (QED) is 0.813. The molecule has 0 amide bonds. The molecular formula is C11H15BrN2. The number of hydrogen-bond donors (Lipinski definition) is 2. The third-order valence-corrected chi connectivity index (χ3v) is 3.29. The molecule has 1 aliphatic rings. The van der Waals surface area contributed by atoms with Crippen LogP contribution in [0.15, 0.2) is 22.7 Å². The first-order valence-electron chi connectivity index (χ1n) is 5.02. The van der Waals surface area contributed by atoms with E-state index in [9.17, 15) is 0 Å². The highest BCUT2D eigenvalue weighted by Gasteiger charge is 2.35. The highest BCUT2D eigenvalue weighted by atomic mass is 79.9. The monoisotopic (exact) mass is 254 g/mol. The van der Waals surface area contributed by atoms with Gasteiger partial charge in [-0.05, 0) is 30.5 Å². The van der Waals surface area contributed by atoms with Crippen molar-refractivity contribution in [1.82, 2.24) is 0 Å². The fraction of sp³-hybridized carbons (Fsp3) is 0.455. The second-order valence-electron chi connectivity index (χ2n) is 3.89. The van der Waals surface area contributed by atoms with Gasteiger partial charge in [-0.2, -0.15) is 0 Å². The van der Waals surface area contributed by atoms with E-state index in [2.05, 4.69) is 28.2 Å². The number of benzene rings is 1. The summed E-state index contributed by atoms with van der Waals surface area (Å²) >= 11 is 3.40. The van der Waals surface area contributed by atoms with Gasteiger partial charge in [0.2, 0.25) is 0 Å². The molecule has 3 N–H and O–H groups in total. The Bertz CT molecular complexity index is 338. The lowest BCUT2D eigenvalue weighted by atomic mass is 10.2. The standard InChI is InChI=1S/C11H15BrN2/c1-2-7-5-11(7)14-10-4-3-8(12)6-9(10)13/h3-4,6-7,11,14H,2,5,13H2,1H3. The molecule has 0 heterocycles. The Kier molecular flexibility index (Phi) is 2.68. The zero-order valence-electron chi connectivity index (χ0n) is 8.26. The van der Waals surface area contributed by atoms with Crippen LogP contribution in [0.4, 0.5) is 11.4 Å². The maximum absolute atomic E-state index is 5.89. The average molecular weight is 255 g/mol. The summed E-state index contributed by atoms with van der Waals surface area (Å²) in [6.45, 7) is 2.23. The van der Waals surface area contributed by atoms with Gasteiger partial charge in [0.25, 0.3) is 0 Å². The highest BCUT2D eigenvalue weighted by molar-refractivity contribution is 9.10. The molecule has 2 rings (SSSR count). The van der Waals surface area contributed by atoms with Gasteiger partial charge in [0.15, 0.2) is 0 Å². The first-order valence-corrected chi connectivity index (χ1v) is 5.81. The SMILES string of the molecule is CCC1CC1Nc1ccc(Br)cc1N. The van der Waals surface area contributed by atoms with Gasteiger partial charge in [0.05, 0.1) is 11.4 Å². The molecule has 1 fully saturated rings. The Hall–Kier alpha value is -0.700. The van der Waals surface area contributed by atoms with Crippen molar-refractivity contribution in [2.24, 2.45) is 5.92 Å². The minimum atomic E-state index is 0.642. The van der Waals surface area contributed by atoms with E-state index in [0.717, 1.165) is 21.8 Å². The molecule has 0 aromatic heterocycles. The third kappa shape index (κ3) is 2.03. The summed E-state index contributed by atoms with van der Waals surface area (Å²) < 4.78 is 1.03. The number of hydrogen-bond acceptors (Lipinski definition) is 2. The van der Waals surface area contributed by atoms with Gasteiger partial charge in [-0.1, -0.05) is 29.3 Å². The van der Waals surface area contributed by atoms with Crippen molar-refractivity contribution in [3.8, 4) is 0 Å². The Morgan fingerprint density at radius 2 is 2.36 bits per heavy atom. The lowest BCUT2D eigenvalue weighted by Crippen LogP contribution is -2.06. The summed E-state index contributed by atoms with van der Waals surface area (Å²) in [4.78, 5) is 0. The van der Waals surface area contributed by atoms with Crippen LogP contribution in [0.2, 0.25) is 0 Å². The number of nitrogen functional groups attached to an aromatic ring is 1. The largest absolute Gasteiger partial charge is 0.397 e. The molecular weight excluding hydrogens is 240 g/mol. The summed E-state index contributed by atoms with van der Waals surface area (Å²) in [5.74, 6) is 0.845. The van der Waals surface area contributed by atoms with Crippen LogP contribution in [0.25, 0.3) is 0 Å². The Morgan fingerprint density at radius 3 is 2.93 bits per heavy atom. The highest BCUT2D eigenvalue weighted by Crippen LogP contribution is 2.37. The summed E-state index contributed by atoms with van der Waals surface area (Å²) in [6.07, 6.45) is 2.54. The fourth-order valence-corrected chi connectivity index (χ4v) is 2.12. The van der Waals surface area contributed by atoms with Crippen molar-refractivity contribution in [3.05, 3.63) is 22.7 Å². The van der Waals surface area contributed by atoms with Crippen molar-refractivity contribution in [2.75, 3.05) is 11.1 Å². The molecule has 1 aromatic carbocycles.